The van der Waals surface area contributed by atoms with Crippen LogP contribution in [0, 0.1) is 6.92 Å². The molecule has 0 aliphatic heterocycles. The molecular formula is C15H17ClN4O2. The second-order valence-electron chi connectivity index (χ2n) is 4.58. The molecule has 2 rings (SSSR count). The van der Waals surface area contributed by atoms with Crippen molar-refractivity contribution in [2.75, 3.05) is 25.0 Å². The predicted octanol–water partition coefficient (Wildman–Crippen LogP) is 2.05. The fraction of sp³-hybridized carbons (Fsp3) is 0.267. The van der Waals surface area contributed by atoms with E-state index in [2.05, 4.69) is 20.8 Å². The normalized spacial score (nSPS) is 10.1. The van der Waals surface area contributed by atoms with E-state index in [1.54, 1.807) is 24.3 Å². The van der Waals surface area contributed by atoms with Crippen molar-refractivity contribution >= 4 is 23.3 Å². The summed E-state index contributed by atoms with van der Waals surface area (Å²) in [6, 6.07) is 10.6. The van der Waals surface area contributed by atoms with Crippen molar-refractivity contribution in [2.45, 2.75) is 6.92 Å². The van der Waals surface area contributed by atoms with Gasteiger partial charge in [-0.15, -0.1) is 5.10 Å². The van der Waals surface area contributed by atoms with E-state index in [4.69, 9.17) is 16.3 Å². The highest BCUT2D eigenvalue weighted by Gasteiger charge is 2.02. The molecule has 7 heteroatoms. The first-order chi connectivity index (χ1) is 10.6. The van der Waals surface area contributed by atoms with Crippen molar-refractivity contribution in [3.05, 3.63) is 47.1 Å². The lowest BCUT2D eigenvalue weighted by Gasteiger charge is -2.08. The number of carbonyl (C=O) groups excluding carboxylic acids is 1. The minimum absolute atomic E-state index is 0.0357. The summed E-state index contributed by atoms with van der Waals surface area (Å²) >= 11 is 5.77. The second kappa shape index (κ2) is 8.19. The smallest absolute Gasteiger partial charge is 0.258 e. The Hall–Kier alpha value is -2.34. The van der Waals surface area contributed by atoms with Gasteiger partial charge in [-0.25, -0.2) is 0 Å². The highest BCUT2D eigenvalue weighted by atomic mass is 35.5. The van der Waals surface area contributed by atoms with Crippen molar-refractivity contribution in [1.29, 1.82) is 0 Å². The van der Waals surface area contributed by atoms with Crippen molar-refractivity contribution < 1.29 is 9.53 Å². The zero-order chi connectivity index (χ0) is 15.8. The van der Waals surface area contributed by atoms with Gasteiger partial charge in [0.1, 0.15) is 11.6 Å². The lowest BCUT2D eigenvalue weighted by Crippen LogP contribution is -2.32. The lowest BCUT2D eigenvalue weighted by molar-refractivity contribution is -0.123. The first-order valence-electron chi connectivity index (χ1n) is 6.83. The molecule has 0 fully saturated rings. The number of nitrogens with one attached hydrogen (secondary N) is 2. The molecule has 0 atom stereocenters. The summed E-state index contributed by atoms with van der Waals surface area (Å²) in [7, 11) is 0. The Morgan fingerprint density at radius 2 is 1.91 bits per heavy atom. The van der Waals surface area contributed by atoms with Gasteiger partial charge in [0.05, 0.1) is 5.69 Å². The highest BCUT2D eigenvalue weighted by Crippen LogP contribution is 2.15. The fourth-order valence-corrected chi connectivity index (χ4v) is 1.74. The minimum Gasteiger partial charge on any atom is -0.484 e. The van der Waals surface area contributed by atoms with E-state index in [1.165, 1.54) is 0 Å². The van der Waals surface area contributed by atoms with E-state index in [-0.39, 0.29) is 12.5 Å². The van der Waals surface area contributed by atoms with Gasteiger partial charge < -0.3 is 15.4 Å². The molecular weight excluding hydrogens is 304 g/mol. The van der Waals surface area contributed by atoms with Crippen molar-refractivity contribution in [3.8, 4) is 5.75 Å². The quantitative estimate of drug-likeness (QED) is 0.764. The van der Waals surface area contributed by atoms with Gasteiger partial charge >= 0.3 is 0 Å². The summed E-state index contributed by atoms with van der Waals surface area (Å²) in [6.45, 7) is 2.87. The van der Waals surface area contributed by atoms with E-state index in [0.29, 0.717) is 29.7 Å². The number of benzene rings is 1. The largest absolute Gasteiger partial charge is 0.484 e. The predicted molar refractivity (Wildman–Crippen MR) is 85.2 cm³/mol. The highest BCUT2D eigenvalue weighted by molar-refractivity contribution is 6.30. The molecule has 0 saturated heterocycles. The third kappa shape index (κ3) is 5.57. The molecule has 0 aliphatic rings. The third-order valence-electron chi connectivity index (χ3n) is 2.73. The molecule has 0 aliphatic carbocycles. The molecule has 0 spiro atoms. The van der Waals surface area contributed by atoms with Crippen LogP contribution in [0.15, 0.2) is 36.4 Å². The van der Waals surface area contributed by atoms with Crippen LogP contribution in [-0.2, 0) is 4.79 Å². The lowest BCUT2D eigenvalue weighted by atomic mass is 10.3. The number of anilines is 1. The van der Waals surface area contributed by atoms with Gasteiger partial charge in [-0.05, 0) is 43.3 Å². The molecule has 0 unspecified atom stereocenters. The van der Waals surface area contributed by atoms with Gasteiger partial charge in [0.25, 0.3) is 5.91 Å². The van der Waals surface area contributed by atoms with Crippen molar-refractivity contribution in [3.63, 3.8) is 0 Å². The van der Waals surface area contributed by atoms with E-state index in [0.717, 1.165) is 5.69 Å². The summed E-state index contributed by atoms with van der Waals surface area (Å²) in [5, 5.41) is 14.3. The molecule has 2 aromatic rings. The second-order valence-corrected chi connectivity index (χ2v) is 5.02. The van der Waals surface area contributed by atoms with Crippen LogP contribution in [0.25, 0.3) is 0 Å². The molecule has 22 heavy (non-hydrogen) atoms. The number of nitrogens with zero attached hydrogens (tertiary/aromatic N) is 2. The Balaban J connectivity index is 1.61. The fourth-order valence-electron chi connectivity index (χ4n) is 1.62. The molecule has 0 saturated carbocycles. The molecule has 0 bridgehead atoms. The van der Waals surface area contributed by atoms with E-state index in [1.807, 2.05) is 19.1 Å². The molecule has 1 aromatic heterocycles. The van der Waals surface area contributed by atoms with Gasteiger partial charge in [0.2, 0.25) is 0 Å². The average Bonchev–Trinajstić information content (AvgIpc) is 2.53. The maximum absolute atomic E-state index is 11.6. The van der Waals surface area contributed by atoms with E-state index in [9.17, 15) is 4.79 Å². The zero-order valence-corrected chi connectivity index (χ0v) is 12.9. The average molecular weight is 321 g/mol. The molecule has 2 N–H and O–H groups in total. The topological polar surface area (TPSA) is 76.1 Å². The maximum Gasteiger partial charge on any atom is 0.258 e. The number of rotatable bonds is 7. The van der Waals surface area contributed by atoms with Crippen LogP contribution >= 0.6 is 11.6 Å². The summed E-state index contributed by atoms with van der Waals surface area (Å²) in [4.78, 5) is 11.6. The van der Waals surface area contributed by atoms with Gasteiger partial charge in [-0.1, -0.05) is 11.6 Å². The summed E-state index contributed by atoms with van der Waals surface area (Å²) < 4.78 is 5.34. The summed E-state index contributed by atoms with van der Waals surface area (Å²) in [6.07, 6.45) is 0. The Kier molecular flexibility index (Phi) is 5.97. The van der Waals surface area contributed by atoms with Gasteiger partial charge in [-0.3, -0.25) is 4.79 Å². The van der Waals surface area contributed by atoms with Crippen LogP contribution in [0.1, 0.15) is 5.69 Å². The van der Waals surface area contributed by atoms with Crippen LogP contribution in [-0.4, -0.2) is 35.8 Å². The van der Waals surface area contributed by atoms with Crippen molar-refractivity contribution in [1.82, 2.24) is 15.5 Å². The van der Waals surface area contributed by atoms with Crippen LogP contribution in [0.2, 0.25) is 5.02 Å². The molecule has 1 aromatic carbocycles. The van der Waals surface area contributed by atoms with Crippen LogP contribution in [0.5, 0.6) is 5.75 Å². The van der Waals surface area contributed by atoms with Gasteiger partial charge in [0, 0.05) is 18.1 Å². The van der Waals surface area contributed by atoms with Gasteiger partial charge in [-0.2, -0.15) is 5.10 Å². The number of hydrogen-bond donors (Lipinski definition) is 2. The van der Waals surface area contributed by atoms with Crippen molar-refractivity contribution in [2.24, 2.45) is 0 Å². The Morgan fingerprint density at radius 3 is 2.59 bits per heavy atom. The number of ether oxygens (including phenoxy) is 1. The van der Waals surface area contributed by atoms with Crippen LogP contribution in [0.3, 0.4) is 0 Å². The van der Waals surface area contributed by atoms with E-state index < -0.39 is 0 Å². The molecule has 1 heterocycles. The standard InChI is InChI=1S/C15H17ClN4O2/c1-11-2-7-14(20-19-11)17-8-9-18-15(21)10-22-13-5-3-12(16)4-6-13/h2-7H,8-10H2,1H3,(H,17,20)(H,18,21). The van der Waals surface area contributed by atoms with Gasteiger partial charge in [0.15, 0.2) is 6.61 Å². The monoisotopic (exact) mass is 320 g/mol. The Labute approximate surface area is 133 Å². The number of halogens is 1. The number of amides is 1. The first kappa shape index (κ1) is 16.0. The minimum atomic E-state index is -0.188. The Morgan fingerprint density at radius 1 is 1.14 bits per heavy atom. The Bertz CT molecular complexity index is 602. The molecule has 0 radical (unpaired) electrons. The maximum atomic E-state index is 11.6. The molecule has 1 amide bonds. The first-order valence-corrected chi connectivity index (χ1v) is 7.20. The third-order valence-corrected chi connectivity index (χ3v) is 2.99. The number of carbonyl (C=O) groups is 1. The number of aryl methyl sites for hydroxylation is 1. The summed E-state index contributed by atoms with van der Waals surface area (Å²) in [5.41, 5.74) is 0.859. The van der Waals surface area contributed by atoms with E-state index >= 15 is 0 Å². The number of hydrogen-bond acceptors (Lipinski definition) is 5. The number of aromatic nitrogens is 2. The SMILES string of the molecule is Cc1ccc(NCCNC(=O)COc2ccc(Cl)cc2)nn1. The zero-order valence-electron chi connectivity index (χ0n) is 12.2. The molecule has 6 nitrogen and oxygen atoms in total. The molecule has 116 valence electrons. The van der Waals surface area contributed by atoms with Crippen LogP contribution in [0.4, 0.5) is 5.82 Å². The summed E-state index contributed by atoms with van der Waals surface area (Å²) in [5.74, 6) is 1.09. The van der Waals surface area contributed by atoms with Crippen LogP contribution < -0.4 is 15.4 Å².